The van der Waals surface area contributed by atoms with Gasteiger partial charge in [-0.25, -0.2) is 0 Å². The van der Waals surface area contributed by atoms with Crippen LogP contribution in [0.2, 0.25) is 0 Å². The molecular formula is C26H29NO3. The van der Waals surface area contributed by atoms with Crippen molar-refractivity contribution in [3.63, 3.8) is 0 Å². The molecule has 3 aromatic rings. The van der Waals surface area contributed by atoms with Crippen molar-refractivity contribution in [3.8, 4) is 11.5 Å². The molecule has 0 N–H and O–H groups in total. The Labute approximate surface area is 179 Å². The van der Waals surface area contributed by atoms with Crippen molar-refractivity contribution in [2.45, 2.75) is 32.9 Å². The number of amides is 1. The monoisotopic (exact) mass is 403 g/mol. The Kier molecular flexibility index (Phi) is 7.12. The molecule has 0 aliphatic heterocycles. The lowest BCUT2D eigenvalue weighted by molar-refractivity contribution is 0.0730. The molecule has 4 nitrogen and oxygen atoms in total. The Morgan fingerprint density at radius 2 is 1.17 bits per heavy atom. The molecule has 3 rings (SSSR count). The van der Waals surface area contributed by atoms with E-state index in [2.05, 4.69) is 13.8 Å². The molecule has 0 unspecified atom stereocenters. The lowest BCUT2D eigenvalue weighted by Crippen LogP contribution is -2.30. The van der Waals surface area contributed by atoms with Gasteiger partial charge in [-0.15, -0.1) is 0 Å². The van der Waals surface area contributed by atoms with Crippen LogP contribution < -0.4 is 9.47 Å². The van der Waals surface area contributed by atoms with Crippen LogP contribution in [0.4, 0.5) is 0 Å². The average molecular weight is 404 g/mol. The molecule has 3 aromatic carbocycles. The van der Waals surface area contributed by atoms with Crippen LogP contribution in [0.25, 0.3) is 0 Å². The van der Waals surface area contributed by atoms with Gasteiger partial charge >= 0.3 is 0 Å². The summed E-state index contributed by atoms with van der Waals surface area (Å²) in [5.74, 6) is 2.05. The van der Waals surface area contributed by atoms with Gasteiger partial charge in [-0.1, -0.05) is 50.2 Å². The molecule has 0 aliphatic rings. The number of hydrogen-bond donors (Lipinski definition) is 0. The van der Waals surface area contributed by atoms with E-state index >= 15 is 0 Å². The topological polar surface area (TPSA) is 38.8 Å². The molecule has 1 amide bonds. The van der Waals surface area contributed by atoms with Crippen molar-refractivity contribution in [2.75, 3.05) is 14.2 Å². The van der Waals surface area contributed by atoms with Crippen molar-refractivity contribution in [1.29, 1.82) is 0 Å². The van der Waals surface area contributed by atoms with Gasteiger partial charge < -0.3 is 14.4 Å². The Balaban J connectivity index is 1.85. The van der Waals surface area contributed by atoms with Gasteiger partial charge in [0.15, 0.2) is 0 Å². The Morgan fingerprint density at radius 1 is 0.733 bits per heavy atom. The number of methoxy groups -OCH3 is 2. The van der Waals surface area contributed by atoms with E-state index in [9.17, 15) is 4.79 Å². The number of benzene rings is 3. The number of rotatable bonds is 8. The van der Waals surface area contributed by atoms with Gasteiger partial charge in [0.1, 0.15) is 11.5 Å². The van der Waals surface area contributed by atoms with Crippen molar-refractivity contribution in [2.24, 2.45) is 0 Å². The molecule has 0 radical (unpaired) electrons. The van der Waals surface area contributed by atoms with E-state index in [1.54, 1.807) is 14.2 Å². The van der Waals surface area contributed by atoms with Crippen LogP contribution in [0.5, 0.6) is 11.5 Å². The Bertz CT molecular complexity index is 896. The summed E-state index contributed by atoms with van der Waals surface area (Å²) in [5, 5.41) is 0. The maximum Gasteiger partial charge on any atom is 0.254 e. The highest BCUT2D eigenvalue weighted by Gasteiger charge is 2.17. The fourth-order valence-corrected chi connectivity index (χ4v) is 3.30. The molecule has 0 fully saturated rings. The minimum atomic E-state index is 0.0111. The summed E-state index contributed by atoms with van der Waals surface area (Å²) in [4.78, 5) is 15.2. The van der Waals surface area contributed by atoms with E-state index in [1.807, 2.05) is 77.7 Å². The fraction of sp³-hybridized carbons (Fsp3) is 0.269. The van der Waals surface area contributed by atoms with E-state index in [-0.39, 0.29) is 5.91 Å². The second-order valence-electron chi connectivity index (χ2n) is 7.63. The van der Waals surface area contributed by atoms with Crippen LogP contribution in [0, 0.1) is 0 Å². The van der Waals surface area contributed by atoms with Crippen LogP contribution in [-0.2, 0) is 13.1 Å². The average Bonchev–Trinajstić information content (AvgIpc) is 2.79. The summed E-state index contributed by atoms with van der Waals surface area (Å²) >= 11 is 0. The van der Waals surface area contributed by atoms with E-state index < -0.39 is 0 Å². The molecule has 0 aromatic heterocycles. The Morgan fingerprint density at radius 3 is 1.53 bits per heavy atom. The van der Waals surface area contributed by atoms with Gasteiger partial charge in [0.25, 0.3) is 5.91 Å². The van der Waals surface area contributed by atoms with Crippen LogP contribution in [-0.4, -0.2) is 25.0 Å². The van der Waals surface area contributed by atoms with Gasteiger partial charge in [-0.2, -0.15) is 0 Å². The summed E-state index contributed by atoms with van der Waals surface area (Å²) in [7, 11) is 3.30. The van der Waals surface area contributed by atoms with E-state index in [1.165, 1.54) is 5.56 Å². The summed E-state index contributed by atoms with van der Waals surface area (Å²) in [5.41, 5.74) is 4.03. The van der Waals surface area contributed by atoms with Gasteiger partial charge in [0.05, 0.1) is 14.2 Å². The van der Waals surface area contributed by atoms with Gasteiger partial charge in [-0.3, -0.25) is 4.79 Å². The molecule has 4 heteroatoms. The minimum Gasteiger partial charge on any atom is -0.497 e. The highest BCUT2D eigenvalue weighted by Crippen LogP contribution is 2.20. The van der Waals surface area contributed by atoms with Gasteiger partial charge in [-0.05, 0) is 59.0 Å². The second kappa shape index (κ2) is 9.97. The van der Waals surface area contributed by atoms with Crippen LogP contribution >= 0.6 is 0 Å². The first-order chi connectivity index (χ1) is 14.5. The number of nitrogens with zero attached hydrogens (tertiary/aromatic N) is 1. The van der Waals surface area contributed by atoms with Crippen molar-refractivity contribution < 1.29 is 14.3 Å². The maximum absolute atomic E-state index is 13.4. The summed E-state index contributed by atoms with van der Waals surface area (Å²) in [6, 6.07) is 23.6. The largest absolute Gasteiger partial charge is 0.497 e. The van der Waals surface area contributed by atoms with Gasteiger partial charge in [0, 0.05) is 18.7 Å². The van der Waals surface area contributed by atoms with Crippen LogP contribution in [0.3, 0.4) is 0 Å². The first kappa shape index (κ1) is 21.4. The summed E-state index contributed by atoms with van der Waals surface area (Å²) in [6.45, 7) is 5.33. The molecular weight excluding hydrogens is 374 g/mol. The fourth-order valence-electron chi connectivity index (χ4n) is 3.30. The molecule has 0 aliphatic carbocycles. The molecule has 0 spiro atoms. The maximum atomic E-state index is 13.4. The van der Waals surface area contributed by atoms with E-state index in [4.69, 9.17) is 9.47 Å². The van der Waals surface area contributed by atoms with Crippen molar-refractivity contribution >= 4 is 5.91 Å². The first-order valence-corrected chi connectivity index (χ1v) is 10.1. The molecule has 0 bridgehead atoms. The molecule has 0 saturated carbocycles. The lowest BCUT2D eigenvalue weighted by atomic mass is 10.0. The molecule has 0 atom stereocenters. The third-order valence-corrected chi connectivity index (χ3v) is 5.18. The number of carbonyl (C=O) groups excluding carboxylic acids is 1. The van der Waals surface area contributed by atoms with Crippen molar-refractivity contribution in [3.05, 3.63) is 95.1 Å². The first-order valence-electron chi connectivity index (χ1n) is 10.1. The third-order valence-electron chi connectivity index (χ3n) is 5.18. The highest BCUT2D eigenvalue weighted by atomic mass is 16.5. The quantitative estimate of drug-likeness (QED) is 0.486. The standard InChI is InChI=1S/C26H29NO3/c1-19(2)22-9-11-23(12-10-22)26(28)27(17-20-5-13-24(29-3)14-6-20)18-21-7-15-25(30-4)16-8-21/h5-16,19H,17-18H2,1-4H3. The number of carbonyl (C=O) groups is 1. The third kappa shape index (κ3) is 5.41. The number of ether oxygens (including phenoxy) is 2. The summed E-state index contributed by atoms with van der Waals surface area (Å²) < 4.78 is 10.5. The predicted octanol–water partition coefficient (Wildman–Crippen LogP) is 5.67. The SMILES string of the molecule is COc1ccc(CN(Cc2ccc(OC)cc2)C(=O)c2ccc(C(C)C)cc2)cc1. The lowest BCUT2D eigenvalue weighted by Gasteiger charge is -2.24. The molecule has 156 valence electrons. The van der Waals surface area contributed by atoms with Crippen LogP contribution in [0.15, 0.2) is 72.8 Å². The normalized spacial score (nSPS) is 10.7. The Hall–Kier alpha value is -3.27. The minimum absolute atomic E-state index is 0.0111. The van der Waals surface area contributed by atoms with E-state index in [0.29, 0.717) is 24.6 Å². The zero-order valence-electron chi connectivity index (χ0n) is 18.1. The van der Waals surface area contributed by atoms with E-state index in [0.717, 1.165) is 22.6 Å². The van der Waals surface area contributed by atoms with Crippen molar-refractivity contribution in [1.82, 2.24) is 4.90 Å². The second-order valence-corrected chi connectivity index (χ2v) is 7.63. The zero-order chi connectivity index (χ0) is 21.5. The molecule has 0 heterocycles. The van der Waals surface area contributed by atoms with Crippen LogP contribution in [0.1, 0.15) is 46.8 Å². The highest BCUT2D eigenvalue weighted by molar-refractivity contribution is 5.94. The number of hydrogen-bond acceptors (Lipinski definition) is 3. The predicted molar refractivity (Wildman–Crippen MR) is 120 cm³/mol. The molecule has 0 saturated heterocycles. The smallest absolute Gasteiger partial charge is 0.254 e. The summed E-state index contributed by atoms with van der Waals surface area (Å²) in [6.07, 6.45) is 0. The molecule has 30 heavy (non-hydrogen) atoms. The van der Waals surface area contributed by atoms with Gasteiger partial charge in [0.2, 0.25) is 0 Å². The zero-order valence-corrected chi connectivity index (χ0v) is 18.1.